The van der Waals surface area contributed by atoms with E-state index in [-0.39, 0.29) is 53.6 Å². The Hall–Kier alpha value is -5.05. The van der Waals surface area contributed by atoms with Crippen LogP contribution in [0.2, 0.25) is 5.02 Å². The van der Waals surface area contributed by atoms with Crippen LogP contribution in [0.4, 0.5) is 18.9 Å². The van der Waals surface area contributed by atoms with Crippen molar-refractivity contribution in [1.82, 2.24) is 24.2 Å². The van der Waals surface area contributed by atoms with Crippen molar-refractivity contribution >= 4 is 46.9 Å². The number of piperazine rings is 1. The van der Waals surface area contributed by atoms with E-state index in [0.29, 0.717) is 48.4 Å². The average Bonchev–Trinajstić information content (AvgIpc) is 3.68. The van der Waals surface area contributed by atoms with Gasteiger partial charge in [0.05, 0.1) is 6.54 Å². The Morgan fingerprint density at radius 1 is 0.782 bits per heavy atom. The van der Waals surface area contributed by atoms with Crippen LogP contribution in [0.25, 0.3) is 0 Å². The molecule has 3 heterocycles. The van der Waals surface area contributed by atoms with Crippen molar-refractivity contribution in [1.29, 1.82) is 0 Å². The number of hydrogen-bond acceptors (Lipinski definition) is 7. The van der Waals surface area contributed by atoms with Gasteiger partial charge in [0, 0.05) is 85.1 Å². The molecule has 0 bridgehead atoms. The molecule has 0 aliphatic carbocycles. The van der Waals surface area contributed by atoms with Gasteiger partial charge in [0.25, 0.3) is 11.8 Å². The lowest BCUT2D eigenvalue weighted by atomic mass is 10.0. The fourth-order valence-corrected chi connectivity index (χ4v) is 7.19. The van der Waals surface area contributed by atoms with Crippen LogP contribution in [0.5, 0.6) is 0 Å². The van der Waals surface area contributed by atoms with E-state index in [1.54, 1.807) is 21.9 Å². The summed E-state index contributed by atoms with van der Waals surface area (Å²) in [5.41, 5.74) is 1.49. The number of amides is 4. The van der Waals surface area contributed by atoms with Gasteiger partial charge in [0.15, 0.2) is 12.2 Å². The first kappa shape index (κ1) is 39.6. The topological polar surface area (TPSA) is 108 Å². The molecule has 11 nitrogen and oxygen atoms in total. The molecule has 1 unspecified atom stereocenters. The lowest BCUT2D eigenvalue weighted by molar-refractivity contribution is -0.235. The summed E-state index contributed by atoms with van der Waals surface area (Å²) in [6.07, 6.45) is -1.47. The van der Waals surface area contributed by atoms with Crippen LogP contribution >= 0.6 is 11.6 Å². The predicted molar refractivity (Wildman–Crippen MR) is 198 cm³/mol. The van der Waals surface area contributed by atoms with Crippen LogP contribution in [-0.2, 0) is 38.7 Å². The van der Waals surface area contributed by atoms with E-state index in [9.17, 15) is 37.1 Å². The monoisotopic (exact) mass is 780 g/mol. The second-order valence-electron chi connectivity index (χ2n) is 14.2. The highest BCUT2D eigenvalue weighted by atomic mass is 35.5. The molecule has 15 heteroatoms. The fourth-order valence-electron chi connectivity index (χ4n) is 7.06. The highest BCUT2D eigenvalue weighted by Crippen LogP contribution is 2.38. The highest BCUT2D eigenvalue weighted by Gasteiger charge is 2.55. The Kier molecular flexibility index (Phi) is 11.8. The summed E-state index contributed by atoms with van der Waals surface area (Å²) < 4.78 is 40.6. The molecular weight excluding hydrogens is 739 g/mol. The first-order valence-electron chi connectivity index (χ1n) is 18.1. The minimum absolute atomic E-state index is 0.0761. The van der Waals surface area contributed by atoms with Crippen molar-refractivity contribution in [3.8, 4) is 0 Å². The van der Waals surface area contributed by atoms with Gasteiger partial charge in [-0.25, -0.2) is 9.59 Å². The summed E-state index contributed by atoms with van der Waals surface area (Å²) >= 11 is 6.03. The number of halogens is 4. The number of aryl methyl sites for hydroxylation is 1. The lowest BCUT2D eigenvalue weighted by Crippen LogP contribution is -2.58. The maximum Gasteiger partial charge on any atom is 0.497 e. The van der Waals surface area contributed by atoms with Crippen molar-refractivity contribution < 1.29 is 42.0 Å². The third-order valence-electron chi connectivity index (χ3n) is 10.2. The number of benzene rings is 3. The standard InChI is InChI=1S/C40H42ClF3N5O6/c1-27(2)45-19-21-46(22-20-45)35(50)16-8-28-5-11-32-24-48(38(53)31-12-14-33(41)15-13-31)25-36(51)49(34(32)23-28,55-39(54)40(42,43)44)26-29-6-9-30(10-7-29)37(52)47-17-3-4-18-47/h3-7,9-15,23,27H,8,16-22,24-26H2,1-2H3/q+1. The second-order valence-corrected chi connectivity index (χ2v) is 14.6. The van der Waals surface area contributed by atoms with Crippen molar-refractivity contribution in [2.75, 3.05) is 45.8 Å². The van der Waals surface area contributed by atoms with Crippen LogP contribution in [0.15, 0.2) is 78.9 Å². The minimum Gasteiger partial charge on any atom is -0.340 e. The molecule has 0 radical (unpaired) electrons. The minimum atomic E-state index is -5.47. The Labute approximate surface area is 322 Å². The number of carbonyl (C=O) groups excluding carboxylic acids is 5. The maximum atomic E-state index is 14.6. The largest absolute Gasteiger partial charge is 0.497 e. The van der Waals surface area contributed by atoms with Crippen LogP contribution in [0, 0.1) is 0 Å². The van der Waals surface area contributed by atoms with E-state index in [4.69, 9.17) is 16.4 Å². The van der Waals surface area contributed by atoms with E-state index >= 15 is 0 Å². The lowest BCUT2D eigenvalue weighted by Gasteiger charge is -2.37. The van der Waals surface area contributed by atoms with Gasteiger partial charge in [-0.3, -0.25) is 24.1 Å². The van der Waals surface area contributed by atoms with E-state index in [0.717, 1.165) is 13.1 Å². The summed E-state index contributed by atoms with van der Waals surface area (Å²) in [4.78, 5) is 79.5. The third-order valence-corrected chi connectivity index (χ3v) is 10.5. The Bertz CT molecular complexity index is 1970. The predicted octanol–water partition coefficient (Wildman–Crippen LogP) is 5.55. The molecule has 3 aromatic rings. The summed E-state index contributed by atoms with van der Waals surface area (Å²) in [7, 11) is 0. The van der Waals surface area contributed by atoms with E-state index in [1.165, 1.54) is 59.5 Å². The number of hydrogen-bond donors (Lipinski definition) is 0. The third kappa shape index (κ3) is 8.93. The van der Waals surface area contributed by atoms with Gasteiger partial charge in [-0.15, -0.1) is 0 Å². The smallest absolute Gasteiger partial charge is 0.340 e. The highest BCUT2D eigenvalue weighted by molar-refractivity contribution is 6.30. The summed E-state index contributed by atoms with van der Waals surface area (Å²) in [5, 5.41) is 0.372. The molecule has 0 spiro atoms. The molecule has 1 fully saturated rings. The van der Waals surface area contributed by atoms with Gasteiger partial charge in [-0.2, -0.15) is 13.2 Å². The zero-order valence-electron chi connectivity index (χ0n) is 30.6. The zero-order chi connectivity index (χ0) is 39.5. The van der Waals surface area contributed by atoms with Crippen LogP contribution in [-0.4, -0.2) is 107 Å². The number of quaternary nitrogens is 1. The van der Waals surface area contributed by atoms with Crippen molar-refractivity contribution in [2.45, 2.75) is 52.0 Å². The molecule has 6 rings (SSSR count). The van der Waals surface area contributed by atoms with Crippen molar-refractivity contribution in [3.63, 3.8) is 0 Å². The number of fused-ring (bicyclic) bond motifs is 1. The first-order valence-corrected chi connectivity index (χ1v) is 18.5. The van der Waals surface area contributed by atoms with Crippen LogP contribution in [0.3, 0.4) is 0 Å². The molecule has 4 amide bonds. The van der Waals surface area contributed by atoms with Gasteiger partial charge in [-0.1, -0.05) is 48.0 Å². The first-order chi connectivity index (χ1) is 26.1. The van der Waals surface area contributed by atoms with Crippen molar-refractivity contribution in [2.24, 2.45) is 0 Å². The number of nitrogens with zero attached hydrogens (tertiary/aromatic N) is 5. The maximum absolute atomic E-state index is 14.6. The number of alkyl halides is 3. The molecule has 55 heavy (non-hydrogen) atoms. The molecular formula is C40H42ClF3N5O6+. The Balaban J connectivity index is 1.37. The molecule has 3 aliphatic heterocycles. The van der Waals surface area contributed by atoms with Crippen LogP contribution < -0.4 is 4.65 Å². The Morgan fingerprint density at radius 3 is 1.96 bits per heavy atom. The van der Waals surface area contributed by atoms with Crippen molar-refractivity contribution in [3.05, 3.63) is 112 Å². The molecule has 0 N–H and O–H groups in total. The van der Waals surface area contributed by atoms with Gasteiger partial charge >= 0.3 is 18.1 Å². The van der Waals surface area contributed by atoms with E-state index < -0.39 is 41.7 Å². The molecule has 3 aromatic carbocycles. The number of carbonyl (C=O) groups is 5. The molecule has 0 aromatic heterocycles. The van der Waals surface area contributed by atoms with Gasteiger partial charge in [0.2, 0.25) is 5.91 Å². The normalized spacial score (nSPS) is 19.0. The number of hydroxylamine groups is 2. The Morgan fingerprint density at radius 2 is 1.36 bits per heavy atom. The summed E-state index contributed by atoms with van der Waals surface area (Å²) in [6, 6.07) is 17.0. The van der Waals surface area contributed by atoms with Crippen LogP contribution in [0.1, 0.15) is 57.7 Å². The summed E-state index contributed by atoms with van der Waals surface area (Å²) in [5.74, 6) is -4.54. The zero-order valence-corrected chi connectivity index (χ0v) is 31.3. The van der Waals surface area contributed by atoms with Gasteiger partial charge in [0.1, 0.15) is 6.54 Å². The fraction of sp³-hybridized carbons (Fsp3) is 0.375. The molecule has 3 aliphatic rings. The van der Waals surface area contributed by atoms with Gasteiger partial charge in [-0.05, 0) is 66.9 Å². The molecule has 1 atom stereocenters. The number of rotatable bonds is 9. The van der Waals surface area contributed by atoms with Gasteiger partial charge < -0.3 is 14.7 Å². The summed E-state index contributed by atoms with van der Waals surface area (Å²) in [6.45, 7) is 6.19. The molecule has 0 saturated carbocycles. The molecule has 290 valence electrons. The van der Waals surface area contributed by atoms with E-state index in [1.807, 2.05) is 12.2 Å². The average molecular weight is 781 g/mol. The SMILES string of the molecule is CC(C)N1CCN(C(=O)CCc2ccc3c(c2)[N+](Cc2ccc(C(=O)N4CC=CC4)cc2)(OC(=O)C(F)(F)F)C(=O)CN(C(=O)c2ccc(Cl)cc2)C3)CC1. The second kappa shape index (κ2) is 16.4. The van der Waals surface area contributed by atoms with E-state index in [2.05, 4.69) is 18.7 Å². The molecule has 1 saturated heterocycles. The quantitative estimate of drug-likeness (QED) is 0.207.